The van der Waals surface area contributed by atoms with Gasteiger partial charge in [-0.15, -0.1) is 0 Å². The van der Waals surface area contributed by atoms with Crippen LogP contribution in [0.15, 0.2) is 18.3 Å². The standard InChI is InChI=1S/C13H17N3O3/c1-2-19-13-9(5-3-8-15-13)11(17)16-10-6-4-7-14-12(10)18/h3,5,8,10H,2,4,6-7H2,1H3,(H,14,18)(H,16,17)/t10-/m1/s1. The second-order valence-electron chi connectivity index (χ2n) is 4.25. The third-order valence-corrected chi connectivity index (χ3v) is 2.89. The molecule has 0 aromatic carbocycles. The molecule has 1 atom stereocenters. The van der Waals surface area contributed by atoms with Crippen molar-refractivity contribution in [1.29, 1.82) is 0 Å². The molecule has 2 N–H and O–H groups in total. The highest BCUT2D eigenvalue weighted by Crippen LogP contribution is 2.15. The van der Waals surface area contributed by atoms with Gasteiger partial charge in [-0.2, -0.15) is 0 Å². The van der Waals surface area contributed by atoms with Gasteiger partial charge in [-0.1, -0.05) is 0 Å². The van der Waals surface area contributed by atoms with E-state index in [1.807, 2.05) is 6.92 Å². The number of amides is 2. The first kappa shape index (κ1) is 13.3. The number of nitrogens with zero attached hydrogens (tertiary/aromatic N) is 1. The summed E-state index contributed by atoms with van der Waals surface area (Å²) in [5.74, 6) is -0.182. The van der Waals surface area contributed by atoms with Crippen LogP contribution in [0.25, 0.3) is 0 Å². The summed E-state index contributed by atoms with van der Waals surface area (Å²) in [7, 11) is 0. The van der Waals surface area contributed by atoms with Crippen molar-refractivity contribution in [1.82, 2.24) is 15.6 Å². The van der Waals surface area contributed by atoms with Crippen LogP contribution < -0.4 is 15.4 Å². The summed E-state index contributed by atoms with van der Waals surface area (Å²) in [6.07, 6.45) is 3.08. The van der Waals surface area contributed by atoms with E-state index >= 15 is 0 Å². The first-order valence-electron chi connectivity index (χ1n) is 6.38. The second-order valence-corrected chi connectivity index (χ2v) is 4.25. The number of carbonyl (C=O) groups excluding carboxylic acids is 2. The molecule has 2 rings (SSSR count). The number of aromatic nitrogens is 1. The van der Waals surface area contributed by atoms with Gasteiger partial charge in [-0.05, 0) is 31.9 Å². The molecule has 1 aliphatic heterocycles. The zero-order valence-electron chi connectivity index (χ0n) is 10.8. The lowest BCUT2D eigenvalue weighted by Crippen LogP contribution is -2.50. The molecule has 0 radical (unpaired) electrons. The molecule has 102 valence electrons. The van der Waals surface area contributed by atoms with Gasteiger partial charge in [-0.3, -0.25) is 9.59 Å². The maximum absolute atomic E-state index is 12.1. The average molecular weight is 263 g/mol. The lowest BCUT2D eigenvalue weighted by atomic mass is 10.1. The van der Waals surface area contributed by atoms with E-state index in [-0.39, 0.29) is 11.8 Å². The lowest BCUT2D eigenvalue weighted by Gasteiger charge is -2.23. The largest absolute Gasteiger partial charge is 0.477 e. The van der Waals surface area contributed by atoms with Crippen LogP contribution >= 0.6 is 0 Å². The average Bonchev–Trinajstić information content (AvgIpc) is 2.42. The topological polar surface area (TPSA) is 80.3 Å². The van der Waals surface area contributed by atoms with Crippen LogP contribution in [0.5, 0.6) is 5.88 Å². The van der Waals surface area contributed by atoms with Crippen LogP contribution in [-0.4, -0.2) is 36.0 Å². The zero-order valence-corrected chi connectivity index (χ0v) is 10.8. The maximum Gasteiger partial charge on any atom is 0.257 e. The van der Waals surface area contributed by atoms with E-state index in [0.29, 0.717) is 31.0 Å². The number of nitrogens with one attached hydrogen (secondary N) is 2. The Labute approximate surface area is 111 Å². The Bertz CT molecular complexity index is 476. The maximum atomic E-state index is 12.1. The van der Waals surface area contributed by atoms with E-state index in [2.05, 4.69) is 15.6 Å². The highest BCUT2D eigenvalue weighted by molar-refractivity contribution is 5.99. The number of piperidine rings is 1. The number of hydrogen-bond donors (Lipinski definition) is 2. The van der Waals surface area contributed by atoms with Crippen molar-refractivity contribution in [3.8, 4) is 5.88 Å². The Morgan fingerprint density at radius 2 is 2.47 bits per heavy atom. The molecule has 2 heterocycles. The summed E-state index contributed by atoms with van der Waals surface area (Å²) in [5, 5.41) is 5.44. The number of ether oxygens (including phenoxy) is 1. The Hall–Kier alpha value is -2.11. The molecule has 0 saturated carbocycles. The quantitative estimate of drug-likeness (QED) is 0.828. The van der Waals surface area contributed by atoms with Gasteiger partial charge in [0.25, 0.3) is 5.91 Å². The van der Waals surface area contributed by atoms with E-state index < -0.39 is 6.04 Å². The Kier molecular flexibility index (Phi) is 4.33. The number of rotatable bonds is 4. The predicted molar refractivity (Wildman–Crippen MR) is 68.9 cm³/mol. The molecule has 0 spiro atoms. The highest BCUT2D eigenvalue weighted by Gasteiger charge is 2.25. The summed E-state index contributed by atoms with van der Waals surface area (Å²) < 4.78 is 5.30. The second kappa shape index (κ2) is 6.17. The molecular formula is C13H17N3O3. The van der Waals surface area contributed by atoms with E-state index in [0.717, 1.165) is 6.42 Å². The third-order valence-electron chi connectivity index (χ3n) is 2.89. The van der Waals surface area contributed by atoms with E-state index in [1.54, 1.807) is 18.3 Å². The fourth-order valence-electron chi connectivity index (χ4n) is 1.96. The molecule has 6 heteroatoms. The minimum atomic E-state index is -0.476. The summed E-state index contributed by atoms with van der Waals surface area (Å²) in [4.78, 5) is 27.8. The minimum Gasteiger partial charge on any atom is -0.477 e. The molecule has 1 aliphatic rings. The number of hydrogen-bond acceptors (Lipinski definition) is 4. The predicted octanol–water partition coefficient (Wildman–Crippen LogP) is 0.489. The van der Waals surface area contributed by atoms with Crippen molar-refractivity contribution < 1.29 is 14.3 Å². The van der Waals surface area contributed by atoms with Gasteiger partial charge in [0.2, 0.25) is 11.8 Å². The molecule has 0 unspecified atom stereocenters. The first-order valence-corrected chi connectivity index (χ1v) is 6.38. The Morgan fingerprint density at radius 3 is 3.21 bits per heavy atom. The van der Waals surface area contributed by atoms with Crippen LogP contribution in [0.3, 0.4) is 0 Å². The minimum absolute atomic E-state index is 0.138. The number of carbonyl (C=O) groups is 2. The molecule has 1 fully saturated rings. The van der Waals surface area contributed by atoms with Gasteiger partial charge in [0.05, 0.1) is 6.61 Å². The summed E-state index contributed by atoms with van der Waals surface area (Å²) in [6, 6.07) is 2.82. The van der Waals surface area contributed by atoms with Gasteiger partial charge < -0.3 is 15.4 Å². The molecule has 19 heavy (non-hydrogen) atoms. The molecule has 1 aromatic rings. The molecule has 1 saturated heterocycles. The molecular weight excluding hydrogens is 246 g/mol. The molecule has 0 bridgehead atoms. The van der Waals surface area contributed by atoms with Crippen LogP contribution in [0, 0.1) is 0 Å². The Balaban J connectivity index is 2.09. The van der Waals surface area contributed by atoms with E-state index in [9.17, 15) is 9.59 Å². The van der Waals surface area contributed by atoms with Crippen LogP contribution in [0.1, 0.15) is 30.1 Å². The van der Waals surface area contributed by atoms with E-state index in [4.69, 9.17) is 4.74 Å². The van der Waals surface area contributed by atoms with E-state index in [1.165, 1.54) is 0 Å². The number of pyridine rings is 1. The summed E-state index contributed by atoms with van der Waals surface area (Å²) >= 11 is 0. The van der Waals surface area contributed by atoms with Crippen molar-refractivity contribution in [2.45, 2.75) is 25.8 Å². The fourth-order valence-corrected chi connectivity index (χ4v) is 1.96. The molecule has 2 amide bonds. The molecule has 0 aliphatic carbocycles. The third kappa shape index (κ3) is 3.21. The lowest BCUT2D eigenvalue weighted by molar-refractivity contribution is -0.124. The Morgan fingerprint density at radius 1 is 1.63 bits per heavy atom. The van der Waals surface area contributed by atoms with Crippen LogP contribution in [0.2, 0.25) is 0 Å². The van der Waals surface area contributed by atoms with Gasteiger partial charge >= 0.3 is 0 Å². The van der Waals surface area contributed by atoms with Crippen molar-refractivity contribution in [2.24, 2.45) is 0 Å². The normalized spacial score (nSPS) is 18.6. The van der Waals surface area contributed by atoms with Crippen molar-refractivity contribution in [3.05, 3.63) is 23.9 Å². The van der Waals surface area contributed by atoms with Crippen LogP contribution in [-0.2, 0) is 4.79 Å². The van der Waals surface area contributed by atoms with Gasteiger partial charge in [0.1, 0.15) is 11.6 Å². The summed E-state index contributed by atoms with van der Waals surface area (Å²) in [6.45, 7) is 2.93. The van der Waals surface area contributed by atoms with Gasteiger partial charge in [0.15, 0.2) is 0 Å². The molecule has 6 nitrogen and oxygen atoms in total. The van der Waals surface area contributed by atoms with Crippen molar-refractivity contribution in [3.63, 3.8) is 0 Å². The van der Waals surface area contributed by atoms with Crippen molar-refractivity contribution in [2.75, 3.05) is 13.2 Å². The van der Waals surface area contributed by atoms with Gasteiger partial charge in [-0.25, -0.2) is 4.98 Å². The fraction of sp³-hybridized carbons (Fsp3) is 0.462. The monoisotopic (exact) mass is 263 g/mol. The van der Waals surface area contributed by atoms with Crippen molar-refractivity contribution >= 4 is 11.8 Å². The summed E-state index contributed by atoms with van der Waals surface area (Å²) in [5.41, 5.74) is 0.350. The SMILES string of the molecule is CCOc1ncccc1C(=O)N[C@@H]1CCCNC1=O. The van der Waals surface area contributed by atoms with Gasteiger partial charge in [0, 0.05) is 12.7 Å². The highest BCUT2D eigenvalue weighted by atomic mass is 16.5. The smallest absolute Gasteiger partial charge is 0.257 e. The molecule has 1 aromatic heterocycles. The first-order chi connectivity index (χ1) is 9.22. The zero-order chi connectivity index (χ0) is 13.7. The van der Waals surface area contributed by atoms with Crippen LogP contribution in [0.4, 0.5) is 0 Å².